The summed E-state index contributed by atoms with van der Waals surface area (Å²) in [6.45, 7) is 0. The second-order valence-corrected chi connectivity index (χ2v) is 3.74. The van der Waals surface area contributed by atoms with Crippen molar-refractivity contribution in [3.05, 3.63) is 30.1 Å². The number of hydrogen-bond acceptors (Lipinski definition) is 7. The van der Waals surface area contributed by atoms with Crippen LogP contribution in [0.5, 0.6) is 0 Å². The molecule has 0 atom stereocenters. The van der Waals surface area contributed by atoms with Gasteiger partial charge in [0.05, 0.1) is 5.56 Å². The minimum Gasteiger partial charge on any atom is -0.481 e. The second-order valence-electron chi connectivity index (χ2n) is 3.74. The minimum absolute atomic E-state index is 0.162. The van der Waals surface area contributed by atoms with Crippen LogP contribution in [0.1, 0.15) is 24.7 Å². The quantitative estimate of drug-likeness (QED) is 0.407. The van der Waals surface area contributed by atoms with Crippen LogP contribution >= 0.6 is 0 Å². The monoisotopic (exact) mass is 297 g/mol. The molecule has 1 heterocycles. The lowest BCUT2D eigenvalue weighted by Gasteiger charge is -2.17. The van der Waals surface area contributed by atoms with E-state index >= 15 is 0 Å². The Morgan fingerprint density at radius 1 is 1.05 bits per heavy atom. The molecule has 0 unspecified atom stereocenters. The molecule has 0 radical (unpaired) electrons. The predicted octanol–water partition coefficient (Wildman–Crippen LogP) is 0.116. The van der Waals surface area contributed by atoms with E-state index < -0.39 is 43.0 Å². The van der Waals surface area contributed by atoms with Crippen LogP contribution in [0.4, 0.5) is 0 Å². The van der Waals surface area contributed by atoms with Gasteiger partial charge in [-0.2, -0.15) is 0 Å². The highest BCUT2D eigenvalue weighted by Crippen LogP contribution is 2.19. The van der Waals surface area contributed by atoms with Crippen LogP contribution in [0.15, 0.2) is 24.5 Å². The molecule has 0 bridgehead atoms. The highest BCUT2D eigenvalue weighted by molar-refractivity contribution is 5.91. The van der Waals surface area contributed by atoms with Crippen molar-refractivity contribution in [2.24, 2.45) is 0 Å². The molecular weight excluding hydrogens is 286 g/mol. The van der Waals surface area contributed by atoms with E-state index in [1.165, 1.54) is 24.5 Å². The third kappa shape index (κ3) is 6.14. The molecule has 9 heteroatoms. The highest BCUT2D eigenvalue weighted by atomic mass is 16.7. The van der Waals surface area contributed by atoms with Gasteiger partial charge in [-0.15, -0.1) is 0 Å². The molecule has 1 rings (SSSR count). The molecule has 2 N–H and O–H groups in total. The molecule has 112 valence electrons. The van der Waals surface area contributed by atoms with Crippen LogP contribution in [0.3, 0.4) is 0 Å². The van der Waals surface area contributed by atoms with Gasteiger partial charge in [-0.05, 0) is 12.1 Å². The van der Waals surface area contributed by atoms with Gasteiger partial charge < -0.3 is 19.7 Å². The molecule has 0 aliphatic rings. The molecule has 0 spiro atoms. The van der Waals surface area contributed by atoms with Gasteiger partial charge in [0, 0.05) is 12.4 Å². The van der Waals surface area contributed by atoms with Crippen LogP contribution < -0.4 is 0 Å². The lowest BCUT2D eigenvalue weighted by atomic mass is 10.3. The lowest BCUT2D eigenvalue weighted by Crippen LogP contribution is -2.21. The van der Waals surface area contributed by atoms with Crippen molar-refractivity contribution in [3.63, 3.8) is 0 Å². The van der Waals surface area contributed by atoms with E-state index in [4.69, 9.17) is 19.7 Å². The molecule has 1 aromatic heterocycles. The van der Waals surface area contributed by atoms with E-state index in [0.29, 0.717) is 0 Å². The molecule has 0 aliphatic heterocycles. The number of carbonyl (C=O) groups excluding carboxylic acids is 2. The normalized spacial score (nSPS) is 9.95. The number of aliphatic carboxylic acids is 2. The number of rotatable bonds is 7. The SMILES string of the molecule is O=C(O)CC(=O)OC(OC(=O)CC(=O)O)c1cccnc1. The van der Waals surface area contributed by atoms with Crippen molar-refractivity contribution in [2.75, 3.05) is 0 Å². The molecule has 1 aromatic rings. The number of carbonyl (C=O) groups is 4. The summed E-state index contributed by atoms with van der Waals surface area (Å²) < 4.78 is 9.41. The maximum Gasteiger partial charge on any atom is 0.320 e. The van der Waals surface area contributed by atoms with Crippen molar-refractivity contribution in [1.82, 2.24) is 4.98 Å². The van der Waals surface area contributed by atoms with Crippen molar-refractivity contribution in [1.29, 1.82) is 0 Å². The van der Waals surface area contributed by atoms with Crippen LogP contribution in [0.2, 0.25) is 0 Å². The Morgan fingerprint density at radius 3 is 1.95 bits per heavy atom. The highest BCUT2D eigenvalue weighted by Gasteiger charge is 2.23. The summed E-state index contributed by atoms with van der Waals surface area (Å²) >= 11 is 0. The number of nitrogens with zero attached hydrogens (tertiary/aromatic N) is 1. The fraction of sp³-hybridized carbons (Fsp3) is 0.250. The Balaban J connectivity index is 2.80. The third-order valence-corrected chi connectivity index (χ3v) is 2.02. The molecule has 0 amide bonds. The first kappa shape index (κ1) is 16.1. The summed E-state index contributed by atoms with van der Waals surface area (Å²) in [7, 11) is 0. The number of aromatic nitrogens is 1. The van der Waals surface area contributed by atoms with E-state index in [1.807, 2.05) is 0 Å². The molecule has 21 heavy (non-hydrogen) atoms. The number of hydrogen-bond donors (Lipinski definition) is 2. The van der Waals surface area contributed by atoms with Gasteiger partial charge >= 0.3 is 23.9 Å². The van der Waals surface area contributed by atoms with Gasteiger partial charge in [0.1, 0.15) is 12.8 Å². The first-order valence-electron chi connectivity index (χ1n) is 5.61. The Labute approximate surface area is 118 Å². The second kappa shape index (κ2) is 7.58. The summed E-state index contributed by atoms with van der Waals surface area (Å²) in [4.78, 5) is 47.1. The number of carboxylic acids is 2. The molecule has 0 fully saturated rings. The maximum atomic E-state index is 11.3. The molecule has 0 aliphatic carbocycles. The third-order valence-electron chi connectivity index (χ3n) is 2.02. The number of pyridine rings is 1. The zero-order valence-corrected chi connectivity index (χ0v) is 10.6. The molecular formula is C12H11NO8. The topological polar surface area (TPSA) is 140 Å². The van der Waals surface area contributed by atoms with E-state index in [1.54, 1.807) is 0 Å². The maximum absolute atomic E-state index is 11.3. The predicted molar refractivity (Wildman–Crippen MR) is 63.7 cm³/mol. The number of ether oxygens (including phenoxy) is 2. The van der Waals surface area contributed by atoms with E-state index in [2.05, 4.69) is 4.98 Å². The Morgan fingerprint density at radius 2 is 1.57 bits per heavy atom. The van der Waals surface area contributed by atoms with E-state index in [9.17, 15) is 19.2 Å². The Bertz CT molecular complexity index is 511. The van der Waals surface area contributed by atoms with Crippen LogP contribution in [-0.4, -0.2) is 39.1 Å². The summed E-state index contributed by atoms with van der Waals surface area (Å²) in [6, 6.07) is 2.89. The first-order valence-corrected chi connectivity index (χ1v) is 5.61. The van der Waals surface area contributed by atoms with Gasteiger partial charge in [0.25, 0.3) is 6.29 Å². The standard InChI is InChI=1S/C12H11NO8/c14-8(15)4-10(18)20-12(7-2-1-3-13-6-7)21-11(19)5-9(16)17/h1-3,6,12H,4-5H2,(H,14,15)(H,16,17). The van der Waals surface area contributed by atoms with Crippen LogP contribution in [0, 0.1) is 0 Å². The van der Waals surface area contributed by atoms with Gasteiger partial charge in [0.15, 0.2) is 0 Å². The average Bonchev–Trinajstić information content (AvgIpc) is 2.37. The fourth-order valence-electron chi connectivity index (χ4n) is 1.24. The van der Waals surface area contributed by atoms with E-state index in [0.717, 1.165) is 0 Å². The van der Waals surface area contributed by atoms with Gasteiger partial charge in [-0.3, -0.25) is 24.2 Å². The largest absolute Gasteiger partial charge is 0.481 e. The van der Waals surface area contributed by atoms with E-state index in [-0.39, 0.29) is 5.56 Å². The number of carboxylic acid groups (broad SMARTS) is 2. The summed E-state index contributed by atoms with van der Waals surface area (Å²) in [5.41, 5.74) is 0.162. The first-order chi connectivity index (χ1) is 9.88. The van der Waals surface area contributed by atoms with Gasteiger partial charge in [0.2, 0.25) is 0 Å². The lowest BCUT2D eigenvalue weighted by molar-refractivity contribution is -0.190. The zero-order valence-electron chi connectivity index (χ0n) is 10.6. The summed E-state index contributed by atoms with van der Waals surface area (Å²) in [5.74, 6) is -5.11. The Hall–Kier alpha value is -2.97. The van der Waals surface area contributed by atoms with Crippen molar-refractivity contribution in [2.45, 2.75) is 19.1 Å². The van der Waals surface area contributed by atoms with Gasteiger partial charge in [-0.1, -0.05) is 0 Å². The zero-order chi connectivity index (χ0) is 15.8. The Kier molecular flexibility index (Phi) is 5.80. The van der Waals surface area contributed by atoms with Crippen LogP contribution in [-0.2, 0) is 28.7 Å². The number of esters is 2. The van der Waals surface area contributed by atoms with Crippen molar-refractivity contribution in [3.8, 4) is 0 Å². The van der Waals surface area contributed by atoms with Crippen molar-refractivity contribution >= 4 is 23.9 Å². The smallest absolute Gasteiger partial charge is 0.320 e. The molecule has 9 nitrogen and oxygen atoms in total. The van der Waals surface area contributed by atoms with Gasteiger partial charge in [-0.25, -0.2) is 0 Å². The summed E-state index contributed by atoms with van der Waals surface area (Å²) in [5, 5.41) is 16.9. The van der Waals surface area contributed by atoms with Crippen LogP contribution in [0.25, 0.3) is 0 Å². The average molecular weight is 297 g/mol. The molecule has 0 aromatic carbocycles. The van der Waals surface area contributed by atoms with Crippen molar-refractivity contribution < 1.29 is 38.9 Å². The molecule has 0 saturated carbocycles. The fourth-order valence-corrected chi connectivity index (χ4v) is 1.24. The minimum atomic E-state index is -1.56. The molecule has 0 saturated heterocycles. The summed E-state index contributed by atoms with van der Waals surface area (Å²) in [6.07, 6.45) is -0.760.